The van der Waals surface area contributed by atoms with Crippen molar-refractivity contribution >= 4 is 27.7 Å². The predicted molar refractivity (Wildman–Crippen MR) is 102 cm³/mol. The van der Waals surface area contributed by atoms with Gasteiger partial charge in [-0.25, -0.2) is 12.7 Å². The second kappa shape index (κ2) is 8.59. The third-order valence-electron chi connectivity index (χ3n) is 5.93. The van der Waals surface area contributed by atoms with Gasteiger partial charge in [0.15, 0.2) is 0 Å². The standard InChI is InChI=1S/C17H31N3O3S2/c1-25(22,23)20-9-4-15(5-10-20)17(21)18-12-14-2-7-19(8-3-14)16-6-11-24-13-16/h14-16H,2-13H2,1H3,(H,18,21)/t16-/m1/s1. The molecule has 3 rings (SSSR count). The Balaban J connectivity index is 1.34. The summed E-state index contributed by atoms with van der Waals surface area (Å²) in [6, 6.07) is 0.778. The minimum atomic E-state index is -3.12. The third kappa shape index (κ3) is 5.34. The number of carbonyl (C=O) groups is 1. The Bertz CT molecular complexity index is 547. The minimum Gasteiger partial charge on any atom is -0.356 e. The first-order valence-electron chi connectivity index (χ1n) is 9.48. The highest BCUT2D eigenvalue weighted by molar-refractivity contribution is 7.99. The first-order chi connectivity index (χ1) is 11.9. The van der Waals surface area contributed by atoms with Crippen molar-refractivity contribution < 1.29 is 13.2 Å². The summed E-state index contributed by atoms with van der Waals surface area (Å²) < 4.78 is 24.6. The van der Waals surface area contributed by atoms with Crippen molar-refractivity contribution in [1.82, 2.24) is 14.5 Å². The summed E-state index contributed by atoms with van der Waals surface area (Å²) in [6.07, 6.45) is 6.19. The van der Waals surface area contributed by atoms with Gasteiger partial charge >= 0.3 is 0 Å². The number of amides is 1. The molecule has 0 unspecified atom stereocenters. The maximum atomic E-state index is 12.4. The van der Waals surface area contributed by atoms with Crippen LogP contribution >= 0.6 is 11.8 Å². The van der Waals surface area contributed by atoms with Crippen molar-refractivity contribution in [2.24, 2.45) is 11.8 Å². The van der Waals surface area contributed by atoms with Crippen molar-refractivity contribution in [3.05, 3.63) is 0 Å². The van der Waals surface area contributed by atoms with Crippen LogP contribution in [0.2, 0.25) is 0 Å². The van der Waals surface area contributed by atoms with E-state index in [2.05, 4.69) is 22.0 Å². The Hall–Kier alpha value is -0.310. The molecule has 3 aliphatic rings. The number of piperidine rings is 2. The molecule has 0 aromatic carbocycles. The van der Waals surface area contributed by atoms with E-state index in [4.69, 9.17) is 0 Å². The highest BCUT2D eigenvalue weighted by Gasteiger charge is 2.30. The van der Waals surface area contributed by atoms with Gasteiger partial charge in [0.1, 0.15) is 0 Å². The lowest BCUT2D eigenvalue weighted by molar-refractivity contribution is -0.126. The molecule has 144 valence electrons. The fraction of sp³-hybridized carbons (Fsp3) is 0.941. The Labute approximate surface area is 156 Å². The molecule has 3 aliphatic heterocycles. The van der Waals surface area contributed by atoms with E-state index in [1.54, 1.807) is 0 Å². The zero-order chi connectivity index (χ0) is 17.9. The number of nitrogens with one attached hydrogen (secondary N) is 1. The van der Waals surface area contributed by atoms with Crippen LogP contribution in [-0.4, -0.2) is 80.1 Å². The molecule has 3 heterocycles. The van der Waals surface area contributed by atoms with Gasteiger partial charge in [-0.15, -0.1) is 0 Å². The molecule has 0 aliphatic carbocycles. The van der Waals surface area contributed by atoms with E-state index in [1.807, 2.05) is 0 Å². The first kappa shape index (κ1) is 19.5. The summed E-state index contributed by atoms with van der Waals surface area (Å²) >= 11 is 2.07. The van der Waals surface area contributed by atoms with Crippen LogP contribution < -0.4 is 5.32 Å². The molecule has 0 radical (unpaired) electrons. The summed E-state index contributed by atoms with van der Waals surface area (Å²) in [5.74, 6) is 3.26. The molecule has 1 N–H and O–H groups in total. The van der Waals surface area contributed by atoms with Gasteiger partial charge in [0, 0.05) is 37.3 Å². The number of sulfonamides is 1. The van der Waals surface area contributed by atoms with E-state index in [1.165, 1.54) is 54.4 Å². The highest BCUT2D eigenvalue weighted by atomic mass is 32.2. The maximum Gasteiger partial charge on any atom is 0.223 e. The molecule has 0 bridgehead atoms. The molecular formula is C17H31N3O3S2. The van der Waals surface area contributed by atoms with Gasteiger partial charge in [-0.3, -0.25) is 9.69 Å². The van der Waals surface area contributed by atoms with Crippen molar-refractivity contribution in [2.45, 2.75) is 38.1 Å². The quantitative estimate of drug-likeness (QED) is 0.759. The van der Waals surface area contributed by atoms with E-state index in [0.29, 0.717) is 31.8 Å². The van der Waals surface area contributed by atoms with Gasteiger partial charge < -0.3 is 5.32 Å². The normalized spacial score (nSPS) is 28.3. The monoisotopic (exact) mass is 389 g/mol. The fourth-order valence-corrected chi connectivity index (χ4v) is 6.30. The molecule has 0 aromatic rings. The molecule has 8 heteroatoms. The summed E-state index contributed by atoms with van der Waals surface area (Å²) in [4.78, 5) is 15.0. The molecule has 3 saturated heterocycles. The summed E-state index contributed by atoms with van der Waals surface area (Å²) in [5, 5.41) is 3.13. The van der Waals surface area contributed by atoms with Crippen molar-refractivity contribution in [3.63, 3.8) is 0 Å². The third-order valence-corrected chi connectivity index (χ3v) is 8.38. The van der Waals surface area contributed by atoms with Gasteiger partial charge in [-0.05, 0) is 56.9 Å². The van der Waals surface area contributed by atoms with Gasteiger partial charge in [-0.2, -0.15) is 11.8 Å². The summed E-state index contributed by atoms with van der Waals surface area (Å²) in [7, 11) is -3.12. The van der Waals surface area contributed by atoms with Crippen molar-refractivity contribution in [1.29, 1.82) is 0 Å². The Kier molecular flexibility index (Phi) is 6.68. The van der Waals surface area contributed by atoms with Crippen molar-refractivity contribution in [2.75, 3.05) is 50.5 Å². The van der Waals surface area contributed by atoms with E-state index in [9.17, 15) is 13.2 Å². The second-order valence-corrected chi connectivity index (χ2v) is 10.8. The lowest BCUT2D eigenvalue weighted by atomic mass is 9.94. The Morgan fingerprint density at radius 2 is 1.76 bits per heavy atom. The highest BCUT2D eigenvalue weighted by Crippen LogP contribution is 2.27. The number of rotatable bonds is 5. The minimum absolute atomic E-state index is 0.0337. The number of thioether (sulfide) groups is 1. The van der Waals surface area contributed by atoms with Crippen molar-refractivity contribution in [3.8, 4) is 0 Å². The van der Waals surface area contributed by atoms with Crippen LogP contribution in [0.5, 0.6) is 0 Å². The molecule has 0 saturated carbocycles. The zero-order valence-electron chi connectivity index (χ0n) is 15.2. The van der Waals surface area contributed by atoms with Crippen LogP contribution in [0.25, 0.3) is 0 Å². The molecule has 0 aromatic heterocycles. The molecular weight excluding hydrogens is 358 g/mol. The van der Waals surface area contributed by atoms with Gasteiger partial charge in [0.05, 0.1) is 6.26 Å². The van der Waals surface area contributed by atoms with E-state index < -0.39 is 10.0 Å². The van der Waals surface area contributed by atoms with Gasteiger partial charge in [0.25, 0.3) is 0 Å². The van der Waals surface area contributed by atoms with Crippen LogP contribution in [0.3, 0.4) is 0 Å². The predicted octanol–water partition coefficient (Wildman–Crippen LogP) is 0.992. The molecule has 6 nitrogen and oxygen atoms in total. The van der Waals surface area contributed by atoms with Crippen LogP contribution in [0, 0.1) is 11.8 Å². The molecule has 1 atom stereocenters. The second-order valence-electron chi connectivity index (χ2n) is 7.68. The Morgan fingerprint density at radius 1 is 1.08 bits per heavy atom. The van der Waals surface area contributed by atoms with Crippen LogP contribution in [-0.2, 0) is 14.8 Å². The van der Waals surface area contributed by atoms with E-state index in [0.717, 1.165) is 12.6 Å². The van der Waals surface area contributed by atoms with Crippen LogP contribution in [0.1, 0.15) is 32.1 Å². The maximum absolute atomic E-state index is 12.4. The number of carbonyl (C=O) groups excluding carboxylic acids is 1. The van der Waals surface area contributed by atoms with E-state index >= 15 is 0 Å². The molecule has 3 fully saturated rings. The average molecular weight is 390 g/mol. The summed E-state index contributed by atoms with van der Waals surface area (Å²) in [6.45, 7) is 4.04. The topological polar surface area (TPSA) is 69.7 Å². The smallest absolute Gasteiger partial charge is 0.223 e. The first-order valence-corrected chi connectivity index (χ1v) is 12.5. The average Bonchev–Trinajstić information content (AvgIpc) is 3.14. The molecule has 0 spiro atoms. The van der Waals surface area contributed by atoms with E-state index in [-0.39, 0.29) is 11.8 Å². The Morgan fingerprint density at radius 3 is 2.32 bits per heavy atom. The molecule has 1 amide bonds. The SMILES string of the molecule is CS(=O)(=O)N1CCC(C(=O)NCC2CCN([C@@H]3CCSC3)CC2)CC1. The van der Waals surface area contributed by atoms with Crippen LogP contribution in [0.4, 0.5) is 0 Å². The van der Waals surface area contributed by atoms with Gasteiger partial charge in [0.2, 0.25) is 15.9 Å². The van der Waals surface area contributed by atoms with Crippen LogP contribution in [0.15, 0.2) is 0 Å². The number of likely N-dealkylation sites (tertiary alicyclic amines) is 1. The fourth-order valence-electron chi connectivity index (χ4n) is 4.17. The largest absolute Gasteiger partial charge is 0.356 e. The lowest BCUT2D eigenvalue weighted by Gasteiger charge is -2.36. The summed E-state index contributed by atoms with van der Waals surface area (Å²) in [5.41, 5.74) is 0. The van der Waals surface area contributed by atoms with Gasteiger partial charge in [-0.1, -0.05) is 0 Å². The molecule has 25 heavy (non-hydrogen) atoms. The number of nitrogens with zero attached hydrogens (tertiary/aromatic N) is 2. The number of hydrogen-bond donors (Lipinski definition) is 1. The lowest BCUT2D eigenvalue weighted by Crippen LogP contribution is -2.46. The zero-order valence-corrected chi connectivity index (χ0v) is 16.8. The number of hydrogen-bond acceptors (Lipinski definition) is 5.